The quantitative estimate of drug-likeness (QED) is 0.904. The summed E-state index contributed by atoms with van der Waals surface area (Å²) in [5.41, 5.74) is 3.28. The molecule has 6 heteroatoms. The zero-order chi connectivity index (χ0) is 14.8. The lowest BCUT2D eigenvalue weighted by atomic mass is 10.2. The lowest BCUT2D eigenvalue weighted by molar-refractivity contribution is 0.0572. The van der Waals surface area contributed by atoms with E-state index in [-0.39, 0.29) is 12.1 Å². The molecule has 1 atom stereocenters. The van der Waals surface area contributed by atoms with Gasteiger partial charge in [-0.05, 0) is 25.5 Å². The first-order valence-electron chi connectivity index (χ1n) is 7.26. The molecule has 0 radical (unpaired) electrons. The predicted octanol–water partition coefficient (Wildman–Crippen LogP) is 1.74. The Kier molecular flexibility index (Phi) is 3.79. The molecule has 0 spiro atoms. The second-order valence-electron chi connectivity index (χ2n) is 5.25. The Morgan fingerprint density at radius 2 is 2.33 bits per heavy atom. The van der Waals surface area contributed by atoms with Gasteiger partial charge in [-0.1, -0.05) is 12.1 Å². The third-order valence-corrected chi connectivity index (χ3v) is 3.74. The zero-order valence-electron chi connectivity index (χ0n) is 12.3. The minimum atomic E-state index is -0.148. The lowest BCUT2D eigenvalue weighted by Gasteiger charge is -2.26. The number of nitrogens with one attached hydrogen (secondary N) is 2. The number of amides is 2. The molecular weight excluding hydrogens is 268 g/mol. The molecule has 0 bridgehead atoms. The summed E-state index contributed by atoms with van der Waals surface area (Å²) in [7, 11) is 0. The van der Waals surface area contributed by atoms with E-state index in [2.05, 4.69) is 39.2 Å². The van der Waals surface area contributed by atoms with Crippen LogP contribution in [0.4, 0.5) is 4.79 Å². The highest BCUT2D eigenvalue weighted by molar-refractivity contribution is 5.80. The second kappa shape index (κ2) is 5.73. The summed E-state index contributed by atoms with van der Waals surface area (Å²) in [5.74, 6) is 0.924. The minimum absolute atomic E-state index is 0.0724. The Morgan fingerprint density at radius 1 is 1.48 bits per heavy atom. The highest BCUT2D eigenvalue weighted by Crippen LogP contribution is 2.27. The van der Waals surface area contributed by atoms with E-state index in [0.717, 1.165) is 22.4 Å². The predicted molar refractivity (Wildman–Crippen MR) is 80.2 cm³/mol. The monoisotopic (exact) mass is 288 g/mol. The summed E-state index contributed by atoms with van der Waals surface area (Å²) in [6.45, 7) is 6.20. The summed E-state index contributed by atoms with van der Waals surface area (Å²) in [6.07, 6.45) is 0. The van der Waals surface area contributed by atoms with Crippen LogP contribution in [0, 0.1) is 6.92 Å². The van der Waals surface area contributed by atoms with Gasteiger partial charge in [-0.2, -0.15) is 0 Å². The molecule has 1 aromatic heterocycles. The molecule has 0 saturated heterocycles. The van der Waals surface area contributed by atoms with Gasteiger partial charge in [0.05, 0.1) is 23.7 Å². The molecule has 21 heavy (non-hydrogen) atoms. The van der Waals surface area contributed by atoms with E-state index < -0.39 is 0 Å². The fraction of sp³-hybridized carbons (Fsp3) is 0.467. The van der Waals surface area contributed by atoms with Crippen molar-refractivity contribution in [3.63, 3.8) is 0 Å². The van der Waals surface area contributed by atoms with Crippen LogP contribution in [0.2, 0.25) is 0 Å². The number of aromatic nitrogens is 2. The molecule has 0 fully saturated rings. The molecule has 1 aliphatic heterocycles. The summed E-state index contributed by atoms with van der Waals surface area (Å²) < 4.78 is 7.81. The summed E-state index contributed by atoms with van der Waals surface area (Å²) >= 11 is 0. The van der Waals surface area contributed by atoms with E-state index >= 15 is 0 Å². The molecule has 3 rings (SSSR count). The Hall–Kier alpha value is -2.08. The first-order chi connectivity index (χ1) is 10.2. The third kappa shape index (κ3) is 2.58. The van der Waals surface area contributed by atoms with Crippen LogP contribution in [-0.4, -0.2) is 35.3 Å². The Balaban J connectivity index is 1.88. The number of para-hydroxylation sites is 1. The summed E-state index contributed by atoms with van der Waals surface area (Å²) in [5, 5.41) is 5.62. The van der Waals surface area contributed by atoms with Gasteiger partial charge >= 0.3 is 6.03 Å². The number of ether oxygens (including phenoxy) is 1. The number of nitrogens with zero attached hydrogens (tertiary/aromatic N) is 2. The molecule has 2 aromatic rings. The normalized spacial score (nSPS) is 17.5. The van der Waals surface area contributed by atoms with Gasteiger partial charge in [0.1, 0.15) is 12.4 Å². The maximum absolute atomic E-state index is 11.6. The van der Waals surface area contributed by atoms with Crippen LogP contribution in [0.5, 0.6) is 0 Å². The largest absolute Gasteiger partial charge is 0.371 e. The first-order valence-corrected chi connectivity index (χ1v) is 7.26. The number of fused-ring (bicyclic) bond motifs is 3. The molecule has 0 saturated carbocycles. The molecule has 2 heterocycles. The zero-order valence-corrected chi connectivity index (χ0v) is 12.3. The standard InChI is InChI=1S/C15H20N4O2/c1-3-16-15(20)17-7-11-8-21-9-13-18-14-10(2)5-4-6-12(14)19(11)13/h4-6,11H,3,7-9H2,1-2H3,(H2,16,17,20). The number of hydrogen-bond acceptors (Lipinski definition) is 3. The first kappa shape index (κ1) is 13.9. The van der Waals surface area contributed by atoms with Crippen molar-refractivity contribution in [3.05, 3.63) is 29.6 Å². The number of rotatable bonds is 3. The van der Waals surface area contributed by atoms with Crippen molar-refractivity contribution in [1.29, 1.82) is 0 Å². The highest BCUT2D eigenvalue weighted by Gasteiger charge is 2.24. The van der Waals surface area contributed by atoms with E-state index in [4.69, 9.17) is 4.74 Å². The number of carbonyl (C=O) groups excluding carboxylic acids is 1. The highest BCUT2D eigenvalue weighted by atomic mass is 16.5. The fourth-order valence-corrected chi connectivity index (χ4v) is 2.76. The van der Waals surface area contributed by atoms with Crippen LogP contribution < -0.4 is 10.6 Å². The maximum atomic E-state index is 11.6. The number of aryl methyl sites for hydroxylation is 1. The van der Waals surface area contributed by atoms with Crippen LogP contribution in [0.1, 0.15) is 24.4 Å². The van der Waals surface area contributed by atoms with Gasteiger partial charge in [-0.25, -0.2) is 9.78 Å². The van der Waals surface area contributed by atoms with Crippen LogP contribution >= 0.6 is 0 Å². The van der Waals surface area contributed by atoms with Crippen molar-refractivity contribution in [1.82, 2.24) is 20.2 Å². The van der Waals surface area contributed by atoms with Crippen LogP contribution in [0.3, 0.4) is 0 Å². The van der Waals surface area contributed by atoms with Gasteiger partial charge in [0.25, 0.3) is 0 Å². The number of imidazole rings is 1. The third-order valence-electron chi connectivity index (χ3n) is 3.74. The molecule has 1 unspecified atom stereocenters. The summed E-state index contributed by atoms with van der Waals surface area (Å²) in [6, 6.07) is 6.09. The average molecular weight is 288 g/mol. The second-order valence-corrected chi connectivity index (χ2v) is 5.25. The van der Waals surface area contributed by atoms with Gasteiger partial charge in [-0.3, -0.25) is 0 Å². The smallest absolute Gasteiger partial charge is 0.314 e. The Labute approximate surface area is 123 Å². The molecule has 6 nitrogen and oxygen atoms in total. The van der Waals surface area contributed by atoms with Crippen LogP contribution in [0.25, 0.3) is 11.0 Å². The SMILES string of the molecule is CCNC(=O)NCC1COCc2nc3c(C)cccc3n21. The Morgan fingerprint density at radius 3 is 3.14 bits per heavy atom. The van der Waals surface area contributed by atoms with E-state index in [9.17, 15) is 4.79 Å². The fourth-order valence-electron chi connectivity index (χ4n) is 2.76. The molecule has 2 N–H and O–H groups in total. The van der Waals surface area contributed by atoms with E-state index in [0.29, 0.717) is 26.3 Å². The lowest BCUT2D eigenvalue weighted by Crippen LogP contribution is -2.40. The van der Waals surface area contributed by atoms with Gasteiger partial charge in [0, 0.05) is 13.1 Å². The van der Waals surface area contributed by atoms with E-state index in [1.54, 1.807) is 0 Å². The summed E-state index contributed by atoms with van der Waals surface area (Å²) in [4.78, 5) is 16.2. The van der Waals surface area contributed by atoms with Crippen LogP contribution in [0.15, 0.2) is 18.2 Å². The van der Waals surface area contributed by atoms with Crippen molar-refractivity contribution in [2.24, 2.45) is 0 Å². The van der Waals surface area contributed by atoms with Gasteiger partial charge in [-0.15, -0.1) is 0 Å². The van der Waals surface area contributed by atoms with Crippen molar-refractivity contribution in [2.45, 2.75) is 26.5 Å². The van der Waals surface area contributed by atoms with Gasteiger partial charge in [0.2, 0.25) is 0 Å². The van der Waals surface area contributed by atoms with Crippen molar-refractivity contribution >= 4 is 17.1 Å². The topological polar surface area (TPSA) is 68.2 Å². The number of urea groups is 1. The van der Waals surface area contributed by atoms with Gasteiger partial charge < -0.3 is 19.9 Å². The molecule has 1 aliphatic rings. The van der Waals surface area contributed by atoms with Crippen molar-refractivity contribution in [2.75, 3.05) is 19.7 Å². The average Bonchev–Trinajstić information content (AvgIpc) is 2.86. The molecule has 1 aromatic carbocycles. The minimum Gasteiger partial charge on any atom is -0.371 e. The van der Waals surface area contributed by atoms with Gasteiger partial charge in [0.15, 0.2) is 0 Å². The van der Waals surface area contributed by atoms with Crippen molar-refractivity contribution in [3.8, 4) is 0 Å². The molecule has 0 aliphatic carbocycles. The number of benzene rings is 1. The van der Waals surface area contributed by atoms with Crippen molar-refractivity contribution < 1.29 is 9.53 Å². The van der Waals surface area contributed by atoms with E-state index in [1.165, 1.54) is 0 Å². The Bertz CT molecular complexity index is 665. The maximum Gasteiger partial charge on any atom is 0.314 e. The molecule has 112 valence electrons. The van der Waals surface area contributed by atoms with E-state index in [1.807, 2.05) is 13.0 Å². The molecular formula is C15H20N4O2. The number of hydrogen-bond donors (Lipinski definition) is 2. The van der Waals surface area contributed by atoms with Crippen LogP contribution in [-0.2, 0) is 11.3 Å². The number of carbonyl (C=O) groups is 1. The molecule has 2 amide bonds.